The molecule has 1 aliphatic heterocycles. The molecule has 4 heteroatoms. The van der Waals surface area contributed by atoms with Crippen LogP contribution in [-0.2, 0) is 4.79 Å². The molecule has 7 heavy (non-hydrogen) atoms. The van der Waals surface area contributed by atoms with Gasteiger partial charge in [-0.3, -0.25) is 4.79 Å². The van der Waals surface area contributed by atoms with Crippen molar-refractivity contribution in [2.75, 3.05) is 0 Å². The van der Waals surface area contributed by atoms with Crippen LogP contribution >= 0.6 is 0 Å². The van der Waals surface area contributed by atoms with Gasteiger partial charge in [0.25, 0.3) is 5.91 Å². The number of carbonyl (C=O) groups excluding carboxylic acids is 1. The number of aliphatic hydroxyl groups excluding tert-OH is 1. The molecule has 0 aromatic rings. The molecule has 0 radical (unpaired) electrons. The Morgan fingerprint density at radius 2 is 2.57 bits per heavy atom. The van der Waals surface area contributed by atoms with E-state index in [2.05, 4.69) is 10.2 Å². The number of hydrogen-bond donors (Lipinski definition) is 1. The van der Waals surface area contributed by atoms with Crippen LogP contribution in [0.5, 0.6) is 0 Å². The lowest BCUT2D eigenvalue weighted by Crippen LogP contribution is -1.98. The Morgan fingerprint density at radius 1 is 1.86 bits per heavy atom. The standard InChI is InChI=1S/C3H4N2O2/c6-2-1-3(7)5-4-2/h2,6H,1H2. The molecule has 0 saturated carbocycles. The number of hydrogen-bond acceptors (Lipinski definition) is 3. The van der Waals surface area contributed by atoms with E-state index < -0.39 is 6.23 Å². The second-order valence-corrected chi connectivity index (χ2v) is 1.29. The maximum atomic E-state index is 10.0. The van der Waals surface area contributed by atoms with Gasteiger partial charge in [0.05, 0.1) is 6.42 Å². The largest absolute Gasteiger partial charge is 0.370 e. The molecule has 0 aromatic heterocycles. The highest BCUT2D eigenvalue weighted by Crippen LogP contribution is 2.04. The Labute approximate surface area is 39.9 Å². The van der Waals surface area contributed by atoms with Crippen molar-refractivity contribution >= 4 is 5.91 Å². The highest BCUT2D eigenvalue weighted by atomic mass is 16.3. The Morgan fingerprint density at radius 3 is 2.71 bits per heavy atom. The minimum absolute atomic E-state index is 0.0556. The van der Waals surface area contributed by atoms with E-state index in [9.17, 15) is 4.79 Å². The lowest BCUT2D eigenvalue weighted by atomic mass is 10.4. The van der Waals surface area contributed by atoms with Crippen molar-refractivity contribution in [3.8, 4) is 0 Å². The molecule has 38 valence electrons. The predicted octanol–water partition coefficient (Wildman–Crippen LogP) is -0.313. The van der Waals surface area contributed by atoms with Crippen molar-refractivity contribution < 1.29 is 9.90 Å². The van der Waals surface area contributed by atoms with Crippen molar-refractivity contribution in [3.63, 3.8) is 0 Å². The van der Waals surface area contributed by atoms with Gasteiger partial charge in [-0.1, -0.05) is 0 Å². The fraction of sp³-hybridized carbons (Fsp3) is 0.667. The molecule has 0 bridgehead atoms. The number of amides is 1. The minimum atomic E-state index is -0.868. The van der Waals surface area contributed by atoms with Crippen LogP contribution in [-0.4, -0.2) is 17.2 Å². The summed E-state index contributed by atoms with van der Waals surface area (Å²) in [6.45, 7) is 0. The first-order valence-electron chi connectivity index (χ1n) is 1.91. The maximum Gasteiger partial charge on any atom is 0.269 e. The predicted molar refractivity (Wildman–Crippen MR) is 20.5 cm³/mol. The highest BCUT2D eigenvalue weighted by molar-refractivity contribution is 5.78. The topological polar surface area (TPSA) is 62.0 Å². The second-order valence-electron chi connectivity index (χ2n) is 1.29. The third kappa shape index (κ3) is 0.806. The molecule has 0 aliphatic carbocycles. The van der Waals surface area contributed by atoms with E-state index in [1.54, 1.807) is 0 Å². The van der Waals surface area contributed by atoms with Gasteiger partial charge in [-0.15, -0.1) is 5.11 Å². The van der Waals surface area contributed by atoms with Gasteiger partial charge in [0, 0.05) is 0 Å². The van der Waals surface area contributed by atoms with E-state index in [0.717, 1.165) is 0 Å². The van der Waals surface area contributed by atoms with Gasteiger partial charge in [0.2, 0.25) is 0 Å². The monoisotopic (exact) mass is 100 g/mol. The van der Waals surface area contributed by atoms with Crippen molar-refractivity contribution in [1.29, 1.82) is 0 Å². The third-order valence-electron chi connectivity index (χ3n) is 0.660. The van der Waals surface area contributed by atoms with E-state index >= 15 is 0 Å². The average molecular weight is 100 g/mol. The van der Waals surface area contributed by atoms with Crippen LogP contribution in [0, 0.1) is 0 Å². The van der Waals surface area contributed by atoms with Crippen LogP contribution in [0.15, 0.2) is 10.2 Å². The lowest BCUT2D eigenvalue weighted by Gasteiger charge is -1.84. The van der Waals surface area contributed by atoms with Gasteiger partial charge < -0.3 is 5.11 Å². The fourth-order valence-electron chi connectivity index (χ4n) is 0.369. The summed E-state index contributed by atoms with van der Waals surface area (Å²) in [6, 6.07) is 0. The summed E-state index contributed by atoms with van der Waals surface area (Å²) in [7, 11) is 0. The zero-order chi connectivity index (χ0) is 5.28. The third-order valence-corrected chi connectivity index (χ3v) is 0.660. The summed E-state index contributed by atoms with van der Waals surface area (Å²) in [5.74, 6) is -0.340. The zero-order valence-electron chi connectivity index (χ0n) is 3.53. The van der Waals surface area contributed by atoms with Crippen molar-refractivity contribution in [1.82, 2.24) is 0 Å². The number of azo groups is 1. The molecular weight excluding hydrogens is 96.0 g/mol. The molecule has 0 spiro atoms. The Balaban J connectivity index is 2.58. The van der Waals surface area contributed by atoms with Crippen LogP contribution in [0.4, 0.5) is 0 Å². The quantitative estimate of drug-likeness (QED) is 0.453. The molecule has 1 unspecified atom stereocenters. The zero-order valence-corrected chi connectivity index (χ0v) is 3.53. The summed E-state index contributed by atoms with van der Waals surface area (Å²) in [5, 5.41) is 14.6. The summed E-state index contributed by atoms with van der Waals surface area (Å²) in [6.07, 6.45) is -0.813. The molecule has 1 N–H and O–H groups in total. The molecule has 0 aromatic carbocycles. The molecule has 4 nitrogen and oxygen atoms in total. The van der Waals surface area contributed by atoms with E-state index in [4.69, 9.17) is 5.11 Å². The minimum Gasteiger partial charge on any atom is -0.370 e. The average Bonchev–Trinajstić information content (AvgIpc) is 1.87. The van der Waals surface area contributed by atoms with Crippen LogP contribution in [0.2, 0.25) is 0 Å². The highest BCUT2D eigenvalue weighted by Gasteiger charge is 2.14. The van der Waals surface area contributed by atoms with Gasteiger partial charge in [-0.25, -0.2) is 0 Å². The molecule has 1 aliphatic rings. The molecule has 0 saturated heterocycles. The molecule has 1 atom stereocenters. The summed E-state index contributed by atoms with van der Waals surface area (Å²) >= 11 is 0. The first-order valence-corrected chi connectivity index (χ1v) is 1.91. The molecule has 1 amide bonds. The smallest absolute Gasteiger partial charge is 0.269 e. The van der Waals surface area contributed by atoms with Crippen LogP contribution in [0.25, 0.3) is 0 Å². The van der Waals surface area contributed by atoms with Crippen LogP contribution in [0.3, 0.4) is 0 Å². The SMILES string of the molecule is O=C1CC(O)N=N1. The normalized spacial score (nSPS) is 29.3. The first kappa shape index (κ1) is 4.39. The Bertz CT molecular complexity index is 120. The van der Waals surface area contributed by atoms with Gasteiger partial charge in [0.1, 0.15) is 0 Å². The van der Waals surface area contributed by atoms with Gasteiger partial charge >= 0.3 is 0 Å². The lowest BCUT2D eigenvalue weighted by molar-refractivity contribution is -0.117. The van der Waals surface area contributed by atoms with Crippen molar-refractivity contribution in [3.05, 3.63) is 0 Å². The van der Waals surface area contributed by atoms with Crippen molar-refractivity contribution in [2.24, 2.45) is 10.2 Å². The van der Waals surface area contributed by atoms with Crippen molar-refractivity contribution in [2.45, 2.75) is 12.6 Å². The second kappa shape index (κ2) is 1.38. The van der Waals surface area contributed by atoms with Gasteiger partial charge in [-0.05, 0) is 0 Å². The number of nitrogens with zero attached hydrogens (tertiary/aromatic N) is 2. The summed E-state index contributed by atoms with van der Waals surface area (Å²) < 4.78 is 0. The molecule has 1 rings (SSSR count). The number of carbonyl (C=O) groups is 1. The molecule has 1 heterocycles. The van der Waals surface area contributed by atoms with E-state index in [1.165, 1.54) is 0 Å². The Hall–Kier alpha value is -0.770. The summed E-state index contributed by atoms with van der Waals surface area (Å²) in [4.78, 5) is 10.0. The van der Waals surface area contributed by atoms with Crippen LogP contribution in [0.1, 0.15) is 6.42 Å². The first-order chi connectivity index (χ1) is 3.29. The maximum absolute atomic E-state index is 10.0. The van der Waals surface area contributed by atoms with E-state index in [0.29, 0.717) is 0 Å². The van der Waals surface area contributed by atoms with E-state index in [1.807, 2.05) is 0 Å². The Kier molecular flexibility index (Phi) is 0.867. The van der Waals surface area contributed by atoms with Crippen LogP contribution < -0.4 is 0 Å². The molecule has 0 fully saturated rings. The number of aliphatic hydroxyl groups is 1. The molecular formula is C3H4N2O2. The van der Waals surface area contributed by atoms with E-state index in [-0.39, 0.29) is 12.3 Å². The summed E-state index contributed by atoms with van der Waals surface area (Å²) in [5.41, 5.74) is 0. The number of rotatable bonds is 0. The van der Waals surface area contributed by atoms with Gasteiger partial charge in [0.15, 0.2) is 6.23 Å². The van der Waals surface area contributed by atoms with Gasteiger partial charge in [-0.2, -0.15) is 5.11 Å². The fourth-order valence-corrected chi connectivity index (χ4v) is 0.369.